The fourth-order valence-corrected chi connectivity index (χ4v) is 5.22. The lowest BCUT2D eigenvalue weighted by atomic mass is 9.90. The summed E-state index contributed by atoms with van der Waals surface area (Å²) >= 11 is 6.53. The molecule has 0 aliphatic carbocycles. The van der Waals surface area contributed by atoms with Crippen LogP contribution in [0.5, 0.6) is 0 Å². The first kappa shape index (κ1) is 25.9. The molecule has 2 amide bonds. The molecule has 36 heavy (non-hydrogen) atoms. The van der Waals surface area contributed by atoms with E-state index in [1.165, 1.54) is 17.0 Å². The molecule has 2 heterocycles. The van der Waals surface area contributed by atoms with E-state index in [2.05, 4.69) is 0 Å². The lowest BCUT2D eigenvalue weighted by molar-refractivity contribution is -0.126. The summed E-state index contributed by atoms with van der Waals surface area (Å²) in [5.74, 6) is -1.15. The van der Waals surface area contributed by atoms with Crippen molar-refractivity contribution in [2.45, 2.75) is 33.1 Å². The maximum atomic E-state index is 13.4. The number of fused-ring (bicyclic) bond motifs is 1. The van der Waals surface area contributed by atoms with Gasteiger partial charge in [-0.1, -0.05) is 23.7 Å². The van der Waals surface area contributed by atoms with Crippen LogP contribution in [0.25, 0.3) is 10.9 Å². The highest BCUT2D eigenvalue weighted by Crippen LogP contribution is 2.31. The topological polar surface area (TPSA) is 62.6 Å². The molecule has 0 atom stereocenters. The third-order valence-electron chi connectivity index (χ3n) is 7.14. The lowest BCUT2D eigenvalue weighted by Crippen LogP contribution is -2.39. The molecule has 1 aliphatic heterocycles. The molecule has 0 unspecified atom stereocenters. The smallest absolute Gasteiger partial charge is 0.295 e. The van der Waals surface area contributed by atoms with Crippen LogP contribution < -0.4 is 0 Å². The Kier molecular flexibility index (Phi) is 7.79. The number of aromatic nitrogens is 1. The van der Waals surface area contributed by atoms with E-state index in [0.29, 0.717) is 53.6 Å². The molecule has 0 saturated carbocycles. The van der Waals surface area contributed by atoms with Gasteiger partial charge < -0.3 is 14.4 Å². The van der Waals surface area contributed by atoms with Gasteiger partial charge in [0.2, 0.25) is 0 Å². The van der Waals surface area contributed by atoms with Crippen LogP contribution >= 0.6 is 11.6 Å². The average Bonchev–Trinajstić information content (AvgIpc) is 3.20. The van der Waals surface area contributed by atoms with Crippen LogP contribution in [-0.4, -0.2) is 58.1 Å². The van der Waals surface area contributed by atoms with Gasteiger partial charge in [0.05, 0.1) is 21.7 Å². The average molecular weight is 512 g/mol. The van der Waals surface area contributed by atoms with Crippen molar-refractivity contribution in [2.24, 2.45) is 13.0 Å². The summed E-state index contributed by atoms with van der Waals surface area (Å²) in [6.07, 6.45) is 4.16. The van der Waals surface area contributed by atoms with Gasteiger partial charge in [0.25, 0.3) is 17.6 Å². The number of ketones is 1. The van der Waals surface area contributed by atoms with Crippen molar-refractivity contribution < 1.29 is 18.8 Å². The van der Waals surface area contributed by atoms with Gasteiger partial charge in [-0.2, -0.15) is 0 Å². The molecular weight excluding hydrogens is 481 g/mol. The maximum absolute atomic E-state index is 13.4. The van der Waals surface area contributed by atoms with Crippen molar-refractivity contribution in [3.63, 3.8) is 0 Å². The predicted molar refractivity (Wildman–Crippen MR) is 139 cm³/mol. The minimum absolute atomic E-state index is 0.181. The lowest BCUT2D eigenvalue weighted by Gasteiger charge is -2.32. The van der Waals surface area contributed by atoms with Crippen molar-refractivity contribution in [1.29, 1.82) is 0 Å². The number of amides is 2. The van der Waals surface area contributed by atoms with Crippen LogP contribution in [0.15, 0.2) is 42.6 Å². The van der Waals surface area contributed by atoms with Gasteiger partial charge in [-0.3, -0.25) is 14.4 Å². The summed E-state index contributed by atoms with van der Waals surface area (Å²) < 4.78 is 14.9. The van der Waals surface area contributed by atoms with Gasteiger partial charge in [-0.25, -0.2) is 4.39 Å². The number of hydrogen-bond donors (Lipinski definition) is 0. The molecule has 2 aromatic carbocycles. The normalized spacial score (nSPS) is 14.3. The Labute approximate surface area is 215 Å². The third kappa shape index (κ3) is 5.16. The number of likely N-dealkylation sites (tertiary alicyclic amines) is 1. The number of Topliss-reactive ketones (excluding diaryl/α,β-unsaturated/α-hetero) is 1. The molecule has 1 aliphatic rings. The zero-order valence-electron chi connectivity index (χ0n) is 20.9. The summed E-state index contributed by atoms with van der Waals surface area (Å²) in [4.78, 5) is 42.5. The molecule has 190 valence electrons. The predicted octanol–water partition coefficient (Wildman–Crippen LogP) is 5.12. The molecule has 8 heteroatoms. The summed E-state index contributed by atoms with van der Waals surface area (Å²) in [7, 11) is 1.78. The van der Waals surface area contributed by atoms with Crippen molar-refractivity contribution >= 4 is 40.1 Å². The first-order chi connectivity index (χ1) is 17.2. The number of carbonyl (C=O) groups is 3. The zero-order valence-corrected chi connectivity index (χ0v) is 21.6. The number of halogens is 2. The van der Waals surface area contributed by atoms with E-state index >= 15 is 0 Å². The number of likely N-dealkylation sites (N-methyl/N-ethyl adjacent to an activating group) is 1. The minimum atomic E-state index is -0.591. The van der Waals surface area contributed by atoms with Gasteiger partial charge in [0.1, 0.15) is 5.82 Å². The van der Waals surface area contributed by atoms with Crippen molar-refractivity contribution in [1.82, 2.24) is 14.4 Å². The molecule has 1 fully saturated rings. The van der Waals surface area contributed by atoms with Gasteiger partial charge in [-0.15, -0.1) is 0 Å². The summed E-state index contributed by atoms with van der Waals surface area (Å²) in [5, 5.41) is 0.859. The molecule has 6 nitrogen and oxygen atoms in total. The number of aryl methyl sites for hydroxylation is 1. The summed E-state index contributed by atoms with van der Waals surface area (Å²) in [5.41, 5.74) is 2.38. The van der Waals surface area contributed by atoms with E-state index < -0.39 is 11.7 Å². The van der Waals surface area contributed by atoms with Crippen LogP contribution in [0.4, 0.5) is 4.39 Å². The first-order valence-electron chi connectivity index (χ1n) is 12.4. The van der Waals surface area contributed by atoms with Crippen LogP contribution in [0.2, 0.25) is 5.02 Å². The zero-order chi connectivity index (χ0) is 26.0. The first-order valence-corrected chi connectivity index (χ1v) is 12.8. The monoisotopic (exact) mass is 511 g/mol. The highest BCUT2D eigenvalue weighted by Gasteiger charge is 2.28. The SMILES string of the molecule is CCN(CC)C(=O)C(=O)c1cn(C)c2cc(Cl)c(C(=O)N3CCC(Cc4ccc(F)cc4)CC3)cc12. The second-order valence-corrected chi connectivity index (χ2v) is 9.78. The van der Waals surface area contributed by atoms with Gasteiger partial charge in [0, 0.05) is 44.8 Å². The molecule has 0 spiro atoms. The Bertz CT molecular complexity index is 1290. The Morgan fingerprint density at radius 2 is 1.67 bits per heavy atom. The fourth-order valence-electron chi connectivity index (χ4n) is 4.98. The number of rotatable bonds is 7. The molecule has 0 N–H and O–H groups in total. The second kappa shape index (κ2) is 10.8. The minimum Gasteiger partial charge on any atom is -0.350 e. The Morgan fingerprint density at radius 1 is 1.03 bits per heavy atom. The molecule has 1 aromatic heterocycles. The summed E-state index contributed by atoms with van der Waals surface area (Å²) in [6, 6.07) is 9.91. The fraction of sp³-hybridized carbons (Fsp3) is 0.393. The van der Waals surface area contributed by atoms with Crippen LogP contribution in [0.3, 0.4) is 0 Å². The highest BCUT2D eigenvalue weighted by atomic mass is 35.5. The Balaban J connectivity index is 1.53. The number of benzene rings is 2. The highest BCUT2D eigenvalue weighted by molar-refractivity contribution is 6.45. The number of piperidine rings is 1. The molecule has 1 saturated heterocycles. The van der Waals surface area contributed by atoms with Crippen LogP contribution in [0.1, 0.15) is 53.0 Å². The van der Waals surface area contributed by atoms with E-state index in [-0.39, 0.29) is 17.3 Å². The Hall–Kier alpha value is -3.19. The van der Waals surface area contributed by atoms with Crippen molar-refractivity contribution in [3.8, 4) is 0 Å². The van der Waals surface area contributed by atoms with E-state index in [4.69, 9.17) is 11.6 Å². The van der Waals surface area contributed by atoms with Crippen LogP contribution in [0, 0.1) is 11.7 Å². The molecule has 4 rings (SSSR count). The number of hydrogen-bond acceptors (Lipinski definition) is 3. The van der Waals surface area contributed by atoms with E-state index in [1.54, 1.807) is 34.8 Å². The van der Waals surface area contributed by atoms with E-state index in [9.17, 15) is 18.8 Å². The molecule has 3 aromatic rings. The Morgan fingerprint density at radius 3 is 2.28 bits per heavy atom. The molecule has 0 radical (unpaired) electrons. The third-order valence-corrected chi connectivity index (χ3v) is 7.45. The number of carbonyl (C=O) groups excluding carboxylic acids is 3. The quantitative estimate of drug-likeness (QED) is 0.327. The number of nitrogens with zero attached hydrogens (tertiary/aromatic N) is 3. The molecular formula is C28H31ClFN3O3. The van der Waals surface area contributed by atoms with Crippen molar-refractivity contribution in [2.75, 3.05) is 26.2 Å². The summed E-state index contributed by atoms with van der Waals surface area (Å²) in [6.45, 7) is 5.74. The molecule has 0 bridgehead atoms. The standard InChI is InChI=1S/C28H31ClFN3O3/c1-4-32(5-2)28(36)26(34)23-17-31(3)25-16-24(29)22(15-21(23)25)27(35)33-12-10-19(11-13-33)14-18-6-8-20(30)9-7-18/h6-9,15-17,19H,4-5,10-14H2,1-3H3. The van der Waals surface area contributed by atoms with Gasteiger partial charge in [-0.05, 0) is 68.9 Å². The van der Waals surface area contributed by atoms with Crippen molar-refractivity contribution in [3.05, 3.63) is 70.1 Å². The largest absolute Gasteiger partial charge is 0.350 e. The van der Waals surface area contributed by atoms with Gasteiger partial charge in [0.15, 0.2) is 0 Å². The van der Waals surface area contributed by atoms with E-state index in [0.717, 1.165) is 24.8 Å². The van der Waals surface area contributed by atoms with E-state index in [1.807, 2.05) is 26.0 Å². The maximum Gasteiger partial charge on any atom is 0.295 e. The second-order valence-electron chi connectivity index (χ2n) is 9.38. The van der Waals surface area contributed by atoms with Gasteiger partial charge >= 0.3 is 0 Å². The van der Waals surface area contributed by atoms with Crippen LogP contribution in [-0.2, 0) is 18.3 Å².